The van der Waals surface area contributed by atoms with Crippen molar-refractivity contribution in [3.8, 4) is 5.75 Å². The number of halogens is 2. The minimum Gasteiger partial charge on any atom is -0.488 e. The van der Waals surface area contributed by atoms with Crippen LogP contribution in [0.5, 0.6) is 5.75 Å². The molecule has 0 atom stereocenters. The molecule has 0 saturated heterocycles. The summed E-state index contributed by atoms with van der Waals surface area (Å²) in [6, 6.07) is 4.91. The second-order valence-corrected chi connectivity index (χ2v) is 5.28. The maximum Gasteiger partial charge on any atom is 0.270 e. The summed E-state index contributed by atoms with van der Waals surface area (Å²) in [5.74, 6) is -2.34. The molecule has 17 heavy (non-hydrogen) atoms. The van der Waals surface area contributed by atoms with Crippen LogP contribution in [0.1, 0.15) is 45.7 Å². The largest absolute Gasteiger partial charge is 0.488 e. The predicted octanol–water partition coefficient (Wildman–Crippen LogP) is 4.54. The van der Waals surface area contributed by atoms with Gasteiger partial charge in [-0.3, -0.25) is 0 Å². The van der Waals surface area contributed by atoms with Gasteiger partial charge in [0.05, 0.1) is 0 Å². The van der Waals surface area contributed by atoms with Gasteiger partial charge >= 0.3 is 0 Å². The minimum atomic E-state index is -2.83. The summed E-state index contributed by atoms with van der Waals surface area (Å²) in [6.45, 7) is 8.47. The first kappa shape index (κ1) is 13.9. The Morgan fingerprint density at radius 1 is 1.12 bits per heavy atom. The maximum absolute atomic E-state index is 13.5. The third-order valence-corrected chi connectivity index (χ3v) is 2.36. The van der Waals surface area contributed by atoms with E-state index in [1.807, 2.05) is 27.7 Å². The van der Waals surface area contributed by atoms with Gasteiger partial charge in [-0.05, 0) is 44.9 Å². The van der Waals surface area contributed by atoms with E-state index in [9.17, 15) is 8.78 Å². The molecule has 3 heteroatoms. The van der Waals surface area contributed by atoms with Crippen LogP contribution >= 0.6 is 0 Å². The second kappa shape index (κ2) is 4.63. The van der Waals surface area contributed by atoms with E-state index < -0.39 is 5.92 Å². The normalized spacial score (nSPS) is 12.6. The number of rotatable bonds is 3. The van der Waals surface area contributed by atoms with Gasteiger partial charge in [0.25, 0.3) is 5.92 Å². The predicted molar refractivity (Wildman–Crippen MR) is 65.8 cm³/mol. The van der Waals surface area contributed by atoms with Gasteiger partial charge in [0.1, 0.15) is 11.4 Å². The van der Waals surface area contributed by atoms with Crippen LogP contribution in [0.2, 0.25) is 0 Å². The van der Waals surface area contributed by atoms with Crippen LogP contribution in [0.25, 0.3) is 0 Å². The summed E-state index contributed by atoms with van der Waals surface area (Å²) in [5, 5.41) is 0. The number of alkyl halides is 2. The fourth-order valence-electron chi connectivity index (χ4n) is 1.69. The first-order valence-electron chi connectivity index (χ1n) is 5.83. The maximum atomic E-state index is 13.5. The minimum absolute atomic E-state index is 0.0572. The Labute approximate surface area is 102 Å². The molecular weight excluding hydrogens is 222 g/mol. The Bertz CT molecular complexity index is 386. The van der Waals surface area contributed by atoms with E-state index in [4.69, 9.17) is 4.74 Å². The smallest absolute Gasteiger partial charge is 0.270 e. The molecule has 0 heterocycles. The molecule has 0 N–H and O–H groups in total. The van der Waals surface area contributed by atoms with E-state index in [2.05, 4.69) is 0 Å². The summed E-state index contributed by atoms with van der Waals surface area (Å²) in [7, 11) is 0. The third-order valence-electron chi connectivity index (χ3n) is 2.36. The number of aryl methyl sites for hydroxylation is 1. The van der Waals surface area contributed by atoms with Gasteiger partial charge in [0.15, 0.2) is 0 Å². The molecule has 1 aromatic rings. The van der Waals surface area contributed by atoms with Crippen LogP contribution in [0.15, 0.2) is 18.2 Å². The zero-order valence-electron chi connectivity index (χ0n) is 11.1. The molecule has 0 unspecified atom stereocenters. The number of ether oxygens (including phenoxy) is 1. The molecule has 1 rings (SSSR count). The Morgan fingerprint density at radius 3 is 2.12 bits per heavy atom. The monoisotopic (exact) mass is 242 g/mol. The summed E-state index contributed by atoms with van der Waals surface area (Å²) in [6.07, 6.45) is 0.592. The lowest BCUT2D eigenvalue weighted by atomic mass is 10.00. The zero-order valence-corrected chi connectivity index (χ0v) is 11.1. The van der Waals surface area contributed by atoms with Crippen LogP contribution < -0.4 is 4.74 Å². The van der Waals surface area contributed by atoms with Crippen LogP contribution in [-0.2, 0) is 12.3 Å². The molecule has 1 nitrogen and oxygen atoms in total. The highest BCUT2D eigenvalue weighted by Gasteiger charge is 2.28. The van der Waals surface area contributed by atoms with Gasteiger partial charge in [-0.25, -0.2) is 8.78 Å². The average molecular weight is 242 g/mol. The standard InChI is InChI=1S/C14H20F2O/c1-6-10-7-8-11(17-13(2,3)4)9-12(10)14(5,15)16/h7-9H,6H2,1-5H3. The van der Waals surface area contributed by atoms with Crippen molar-refractivity contribution in [2.75, 3.05) is 0 Å². The Hall–Kier alpha value is -1.12. The lowest BCUT2D eigenvalue weighted by Crippen LogP contribution is -2.23. The van der Waals surface area contributed by atoms with E-state index in [-0.39, 0.29) is 11.2 Å². The Kier molecular flexibility index (Phi) is 3.80. The number of hydrogen-bond acceptors (Lipinski definition) is 1. The van der Waals surface area contributed by atoms with Crippen LogP contribution in [0.4, 0.5) is 8.78 Å². The molecule has 0 amide bonds. The van der Waals surface area contributed by atoms with E-state index in [0.717, 1.165) is 6.92 Å². The zero-order chi connectivity index (χ0) is 13.3. The van der Waals surface area contributed by atoms with Gasteiger partial charge in [0.2, 0.25) is 0 Å². The molecule has 1 aromatic carbocycles. The Balaban J connectivity index is 3.14. The third kappa shape index (κ3) is 3.99. The second-order valence-electron chi connectivity index (χ2n) is 5.28. The summed E-state index contributed by atoms with van der Waals surface area (Å²) in [4.78, 5) is 0. The molecule has 0 radical (unpaired) electrons. The number of benzene rings is 1. The molecule has 0 aliphatic rings. The van der Waals surface area contributed by atoms with Crippen molar-refractivity contribution in [2.45, 2.75) is 52.6 Å². The highest BCUT2D eigenvalue weighted by atomic mass is 19.3. The molecule has 0 spiro atoms. The van der Waals surface area contributed by atoms with Gasteiger partial charge in [-0.2, -0.15) is 0 Å². The molecule has 0 bridgehead atoms. The van der Waals surface area contributed by atoms with Gasteiger partial charge < -0.3 is 4.74 Å². The van der Waals surface area contributed by atoms with Crippen LogP contribution in [0, 0.1) is 0 Å². The van der Waals surface area contributed by atoms with Crippen molar-refractivity contribution in [3.63, 3.8) is 0 Å². The van der Waals surface area contributed by atoms with Crippen molar-refractivity contribution < 1.29 is 13.5 Å². The molecule has 0 aliphatic heterocycles. The van der Waals surface area contributed by atoms with Crippen LogP contribution in [0.3, 0.4) is 0 Å². The quantitative estimate of drug-likeness (QED) is 0.756. The number of hydrogen-bond donors (Lipinski definition) is 0. The fourth-order valence-corrected chi connectivity index (χ4v) is 1.69. The SMILES string of the molecule is CCc1ccc(OC(C)(C)C)cc1C(C)(F)F. The fraction of sp³-hybridized carbons (Fsp3) is 0.571. The van der Waals surface area contributed by atoms with Crippen molar-refractivity contribution in [2.24, 2.45) is 0 Å². The van der Waals surface area contributed by atoms with E-state index >= 15 is 0 Å². The summed E-state index contributed by atoms with van der Waals surface area (Å²) >= 11 is 0. The topological polar surface area (TPSA) is 9.23 Å². The molecular formula is C14H20F2O. The average Bonchev–Trinajstić information content (AvgIpc) is 2.13. The molecule has 0 fully saturated rings. The van der Waals surface area contributed by atoms with Gasteiger partial charge in [-0.15, -0.1) is 0 Å². The highest BCUT2D eigenvalue weighted by Crippen LogP contribution is 2.33. The van der Waals surface area contributed by atoms with E-state index in [0.29, 0.717) is 17.7 Å². The first-order valence-corrected chi connectivity index (χ1v) is 5.83. The van der Waals surface area contributed by atoms with E-state index in [1.165, 1.54) is 6.07 Å². The van der Waals surface area contributed by atoms with Crippen molar-refractivity contribution in [1.82, 2.24) is 0 Å². The van der Waals surface area contributed by atoms with Crippen molar-refractivity contribution in [3.05, 3.63) is 29.3 Å². The van der Waals surface area contributed by atoms with Gasteiger partial charge in [0, 0.05) is 12.5 Å². The first-order chi connectivity index (χ1) is 7.63. The molecule has 0 aromatic heterocycles. The molecule has 0 aliphatic carbocycles. The highest BCUT2D eigenvalue weighted by molar-refractivity contribution is 5.38. The molecule has 0 saturated carbocycles. The molecule has 96 valence electrons. The van der Waals surface area contributed by atoms with Crippen molar-refractivity contribution in [1.29, 1.82) is 0 Å². The van der Waals surface area contributed by atoms with Crippen LogP contribution in [-0.4, -0.2) is 5.60 Å². The lowest BCUT2D eigenvalue weighted by molar-refractivity contribution is 0.0159. The van der Waals surface area contributed by atoms with Gasteiger partial charge in [-0.1, -0.05) is 13.0 Å². The lowest BCUT2D eigenvalue weighted by Gasteiger charge is -2.23. The Morgan fingerprint density at radius 2 is 1.71 bits per heavy atom. The summed E-state index contributed by atoms with van der Waals surface area (Å²) < 4.78 is 32.5. The van der Waals surface area contributed by atoms with Crippen molar-refractivity contribution >= 4 is 0 Å². The van der Waals surface area contributed by atoms with E-state index in [1.54, 1.807) is 12.1 Å². The summed E-state index contributed by atoms with van der Waals surface area (Å²) in [5.41, 5.74) is 0.342.